The van der Waals surface area contributed by atoms with Gasteiger partial charge in [-0.15, -0.1) is 0 Å². The fourth-order valence-corrected chi connectivity index (χ4v) is 4.79. The molecule has 4 rings (SSSR count). The maximum absolute atomic E-state index is 12.7. The lowest BCUT2D eigenvalue weighted by Crippen LogP contribution is -2.40. The molecule has 1 fully saturated rings. The van der Waals surface area contributed by atoms with E-state index in [1.807, 2.05) is 24.3 Å². The first kappa shape index (κ1) is 23.0. The van der Waals surface area contributed by atoms with Crippen LogP contribution in [0, 0.1) is 0 Å². The SMILES string of the molecule is CC(=O)Nc1ccc(C(=O)CCC(=O)N2CCC(n3c(=O)[nH]c4ccccc43)CC2)cc1Br. The molecule has 1 saturated heterocycles. The molecule has 8 nitrogen and oxygen atoms in total. The molecule has 0 spiro atoms. The summed E-state index contributed by atoms with van der Waals surface area (Å²) in [5.41, 5.74) is 2.65. The van der Waals surface area contributed by atoms with Crippen LogP contribution in [0.25, 0.3) is 11.0 Å². The molecule has 1 aromatic heterocycles. The summed E-state index contributed by atoms with van der Waals surface area (Å²) in [6.45, 7) is 2.53. The molecular weight excluding hydrogens is 488 g/mol. The number of piperidine rings is 1. The van der Waals surface area contributed by atoms with Crippen LogP contribution in [-0.2, 0) is 9.59 Å². The second-order valence-corrected chi connectivity index (χ2v) is 9.08. The van der Waals surface area contributed by atoms with Crippen LogP contribution in [0.2, 0.25) is 0 Å². The molecule has 33 heavy (non-hydrogen) atoms. The molecule has 2 aromatic carbocycles. The smallest absolute Gasteiger partial charge is 0.326 e. The number of halogens is 1. The third kappa shape index (κ3) is 5.08. The van der Waals surface area contributed by atoms with Gasteiger partial charge >= 0.3 is 5.69 Å². The molecule has 0 aliphatic carbocycles. The third-order valence-electron chi connectivity index (χ3n) is 5.97. The van der Waals surface area contributed by atoms with Crippen LogP contribution in [-0.4, -0.2) is 45.1 Å². The monoisotopic (exact) mass is 512 g/mol. The number of carbonyl (C=O) groups is 3. The predicted octanol–water partition coefficient (Wildman–Crippen LogP) is 3.88. The van der Waals surface area contributed by atoms with Gasteiger partial charge in [0.15, 0.2) is 5.78 Å². The van der Waals surface area contributed by atoms with Crippen LogP contribution in [0.3, 0.4) is 0 Å². The topological polar surface area (TPSA) is 104 Å². The van der Waals surface area contributed by atoms with Gasteiger partial charge in [0.1, 0.15) is 0 Å². The highest BCUT2D eigenvalue weighted by atomic mass is 79.9. The normalized spacial score (nSPS) is 14.4. The molecule has 3 aromatic rings. The Morgan fingerprint density at radius 3 is 2.52 bits per heavy atom. The standard InChI is InChI=1S/C24H25BrN4O4/c1-15(30)26-19-7-6-16(14-18(19)25)22(31)8-9-23(32)28-12-10-17(11-13-28)29-21-5-3-2-4-20(21)27-24(29)33/h2-7,14,17H,8-13H2,1H3,(H,26,30)(H,27,33). The Kier molecular flexibility index (Phi) is 6.78. The van der Waals surface area contributed by atoms with Crippen molar-refractivity contribution in [3.05, 3.63) is 63.0 Å². The van der Waals surface area contributed by atoms with Crippen molar-refractivity contribution >= 4 is 50.2 Å². The molecule has 0 atom stereocenters. The van der Waals surface area contributed by atoms with Gasteiger partial charge in [0.2, 0.25) is 11.8 Å². The molecule has 2 amide bonds. The van der Waals surface area contributed by atoms with Gasteiger partial charge in [-0.25, -0.2) is 4.79 Å². The number of carbonyl (C=O) groups excluding carboxylic acids is 3. The molecular formula is C24H25BrN4O4. The molecule has 0 saturated carbocycles. The number of nitrogens with one attached hydrogen (secondary N) is 2. The average molecular weight is 513 g/mol. The van der Waals surface area contributed by atoms with Gasteiger partial charge in [-0.3, -0.25) is 19.0 Å². The molecule has 9 heteroatoms. The van der Waals surface area contributed by atoms with E-state index in [9.17, 15) is 19.2 Å². The summed E-state index contributed by atoms with van der Waals surface area (Å²) in [6, 6.07) is 12.6. The van der Waals surface area contributed by atoms with Gasteiger partial charge in [-0.2, -0.15) is 0 Å². The number of aromatic nitrogens is 2. The van der Waals surface area contributed by atoms with Crippen molar-refractivity contribution in [2.75, 3.05) is 18.4 Å². The first-order valence-electron chi connectivity index (χ1n) is 10.9. The van der Waals surface area contributed by atoms with Crippen molar-refractivity contribution in [3.63, 3.8) is 0 Å². The Hall–Kier alpha value is -3.20. The fourth-order valence-electron chi connectivity index (χ4n) is 4.31. The third-order valence-corrected chi connectivity index (χ3v) is 6.63. The van der Waals surface area contributed by atoms with Gasteiger partial charge in [0.25, 0.3) is 0 Å². The van der Waals surface area contributed by atoms with E-state index in [0.29, 0.717) is 41.7 Å². The number of Topliss-reactive ketones (excluding diaryl/α,β-unsaturated/α-hetero) is 1. The fraction of sp³-hybridized carbons (Fsp3) is 0.333. The quantitative estimate of drug-likeness (QED) is 0.489. The molecule has 2 N–H and O–H groups in total. The summed E-state index contributed by atoms with van der Waals surface area (Å²) in [4.78, 5) is 53.6. The number of imidazole rings is 1. The largest absolute Gasteiger partial charge is 0.343 e. The number of para-hydroxylation sites is 2. The molecule has 2 heterocycles. The number of nitrogens with zero attached hydrogens (tertiary/aromatic N) is 2. The predicted molar refractivity (Wildman–Crippen MR) is 129 cm³/mol. The van der Waals surface area contributed by atoms with Crippen LogP contribution in [0.5, 0.6) is 0 Å². The maximum Gasteiger partial charge on any atom is 0.326 e. The molecule has 1 aliphatic heterocycles. The Balaban J connectivity index is 1.32. The lowest BCUT2D eigenvalue weighted by atomic mass is 10.0. The summed E-state index contributed by atoms with van der Waals surface area (Å²) in [5.74, 6) is -0.376. The molecule has 172 valence electrons. The molecule has 1 aliphatic rings. The van der Waals surface area contributed by atoms with E-state index in [2.05, 4.69) is 26.2 Å². The molecule has 0 radical (unpaired) electrons. The van der Waals surface area contributed by atoms with E-state index in [1.165, 1.54) is 6.92 Å². The Labute approximate surface area is 199 Å². The number of anilines is 1. The summed E-state index contributed by atoms with van der Waals surface area (Å²) < 4.78 is 2.41. The highest BCUT2D eigenvalue weighted by molar-refractivity contribution is 9.10. The number of hydrogen-bond donors (Lipinski definition) is 2. The second kappa shape index (κ2) is 9.74. The summed E-state index contributed by atoms with van der Waals surface area (Å²) >= 11 is 3.36. The Morgan fingerprint density at radius 2 is 1.82 bits per heavy atom. The zero-order valence-corrected chi connectivity index (χ0v) is 19.9. The summed E-state index contributed by atoms with van der Waals surface area (Å²) in [5, 5.41) is 2.68. The first-order valence-corrected chi connectivity index (χ1v) is 11.7. The summed E-state index contributed by atoms with van der Waals surface area (Å²) in [7, 11) is 0. The van der Waals surface area contributed by atoms with Crippen molar-refractivity contribution < 1.29 is 14.4 Å². The average Bonchev–Trinajstić information content (AvgIpc) is 3.14. The number of likely N-dealkylation sites (tertiary alicyclic amines) is 1. The molecule has 0 bridgehead atoms. The number of benzene rings is 2. The second-order valence-electron chi connectivity index (χ2n) is 8.23. The summed E-state index contributed by atoms with van der Waals surface area (Å²) in [6.07, 6.45) is 1.65. The van der Waals surface area contributed by atoms with Gasteiger partial charge < -0.3 is 15.2 Å². The molecule has 0 unspecified atom stereocenters. The van der Waals surface area contributed by atoms with E-state index < -0.39 is 0 Å². The number of amides is 2. The number of rotatable bonds is 6. The Morgan fingerprint density at radius 1 is 1.09 bits per heavy atom. The highest BCUT2D eigenvalue weighted by Crippen LogP contribution is 2.26. The minimum absolute atomic E-state index is 0.0406. The van der Waals surface area contributed by atoms with Crippen molar-refractivity contribution in [3.8, 4) is 0 Å². The van der Waals surface area contributed by atoms with Gasteiger partial charge in [-0.1, -0.05) is 12.1 Å². The van der Waals surface area contributed by atoms with Crippen LogP contribution in [0.15, 0.2) is 51.7 Å². The lowest BCUT2D eigenvalue weighted by Gasteiger charge is -2.32. The number of aromatic amines is 1. The van der Waals surface area contributed by atoms with E-state index >= 15 is 0 Å². The number of ketones is 1. The van der Waals surface area contributed by atoms with Gasteiger partial charge in [0.05, 0.1) is 16.7 Å². The minimum atomic E-state index is -0.196. The van der Waals surface area contributed by atoms with E-state index in [4.69, 9.17) is 0 Å². The number of fused-ring (bicyclic) bond motifs is 1. The van der Waals surface area contributed by atoms with Gasteiger partial charge in [-0.05, 0) is 59.1 Å². The maximum atomic E-state index is 12.7. The zero-order chi connectivity index (χ0) is 23.5. The number of hydrogen-bond acceptors (Lipinski definition) is 4. The van der Waals surface area contributed by atoms with Crippen LogP contribution in [0.1, 0.15) is 49.0 Å². The van der Waals surface area contributed by atoms with E-state index in [0.717, 1.165) is 11.0 Å². The van der Waals surface area contributed by atoms with Gasteiger partial charge in [0, 0.05) is 48.9 Å². The lowest BCUT2D eigenvalue weighted by molar-refractivity contribution is -0.132. The van der Waals surface area contributed by atoms with Crippen LogP contribution < -0.4 is 11.0 Å². The minimum Gasteiger partial charge on any atom is -0.343 e. The zero-order valence-electron chi connectivity index (χ0n) is 18.3. The van der Waals surface area contributed by atoms with Crippen molar-refractivity contribution in [2.24, 2.45) is 0 Å². The van der Waals surface area contributed by atoms with Crippen molar-refractivity contribution in [1.29, 1.82) is 0 Å². The van der Waals surface area contributed by atoms with Crippen molar-refractivity contribution in [1.82, 2.24) is 14.5 Å². The van der Waals surface area contributed by atoms with E-state index in [-0.39, 0.29) is 42.2 Å². The van der Waals surface area contributed by atoms with Crippen LogP contribution >= 0.6 is 15.9 Å². The van der Waals surface area contributed by atoms with Crippen LogP contribution in [0.4, 0.5) is 5.69 Å². The van der Waals surface area contributed by atoms with E-state index in [1.54, 1.807) is 27.7 Å². The highest BCUT2D eigenvalue weighted by Gasteiger charge is 2.26. The van der Waals surface area contributed by atoms with Crippen molar-refractivity contribution in [2.45, 2.75) is 38.6 Å². The Bertz CT molecular complexity index is 1270. The first-order chi connectivity index (χ1) is 15.8. The number of H-pyrrole nitrogens is 1.